The van der Waals surface area contributed by atoms with Crippen molar-refractivity contribution < 1.29 is 0 Å². The van der Waals surface area contributed by atoms with Gasteiger partial charge in [-0.25, -0.2) is 0 Å². The van der Waals surface area contributed by atoms with E-state index in [1.807, 2.05) is 0 Å². The molecule has 0 amide bonds. The van der Waals surface area contributed by atoms with Crippen molar-refractivity contribution in [3.8, 4) is 0 Å². The molecule has 0 aliphatic heterocycles. The molecule has 0 saturated carbocycles. The molecule has 0 radical (unpaired) electrons. The third-order valence-corrected chi connectivity index (χ3v) is 18.0. The van der Waals surface area contributed by atoms with E-state index < -0.39 is 8.07 Å². The van der Waals surface area contributed by atoms with Crippen LogP contribution in [0.15, 0.2) is 168 Å². The maximum Gasteiger partial charge on any atom is 0.162 e. The van der Waals surface area contributed by atoms with Gasteiger partial charge in [-0.1, -0.05) is 186 Å². The number of benzene rings is 6. The quantitative estimate of drug-likeness (QED) is 0.0990. The third kappa shape index (κ3) is 6.48. The summed E-state index contributed by atoms with van der Waals surface area (Å²) in [6, 6.07) is 56.0. The Hall–Kier alpha value is -4.98. The van der Waals surface area contributed by atoms with Crippen LogP contribution in [0.1, 0.15) is 77.8 Å². The highest BCUT2D eigenvalue weighted by Gasteiger charge is 2.58. The van der Waals surface area contributed by atoms with E-state index >= 15 is 0 Å². The summed E-state index contributed by atoms with van der Waals surface area (Å²) in [5.74, 6) is 0. The molecule has 1 aliphatic carbocycles. The Labute approximate surface area is 313 Å². The van der Waals surface area contributed by atoms with Gasteiger partial charge in [-0.2, -0.15) is 0 Å². The molecule has 0 N–H and O–H groups in total. The van der Waals surface area contributed by atoms with Crippen LogP contribution < -0.4 is 15.6 Å². The molecule has 0 aromatic heterocycles. The standard InChI is InChI=1S/C51H52Si/c1-36-20-26-42(27-21-36)32-45-14-8-11-17-48(45)52(51(7)35-39(4)40(5)41(51)6,49-18-12-9-15-46(49)33-43-28-22-37(2)23-29-43)50-19-13-10-16-47(50)34-44-30-24-38(3)25-31-44/h8-31,35H,32-34H2,1-7H3. The van der Waals surface area contributed by atoms with E-state index in [2.05, 4.69) is 200 Å². The smallest absolute Gasteiger partial charge is 0.0730 e. The first-order chi connectivity index (χ1) is 25.1. The molecule has 52 heavy (non-hydrogen) atoms. The fraction of sp³-hybridized carbons (Fsp3) is 0.216. The van der Waals surface area contributed by atoms with Crippen LogP contribution in [-0.2, 0) is 19.3 Å². The van der Waals surface area contributed by atoms with Gasteiger partial charge in [-0.05, 0) is 115 Å². The van der Waals surface area contributed by atoms with Crippen molar-refractivity contribution in [1.29, 1.82) is 0 Å². The van der Waals surface area contributed by atoms with Crippen molar-refractivity contribution in [3.05, 3.63) is 218 Å². The van der Waals surface area contributed by atoms with Crippen molar-refractivity contribution in [2.75, 3.05) is 0 Å². The largest absolute Gasteiger partial charge is 0.162 e. The maximum atomic E-state index is 2.66. The van der Waals surface area contributed by atoms with Crippen LogP contribution in [0, 0.1) is 20.8 Å². The number of allylic oxidation sites excluding steroid dienone is 4. The van der Waals surface area contributed by atoms with Crippen LogP contribution in [0.4, 0.5) is 0 Å². The number of aryl methyl sites for hydroxylation is 3. The van der Waals surface area contributed by atoms with Gasteiger partial charge >= 0.3 is 0 Å². The predicted molar refractivity (Wildman–Crippen MR) is 226 cm³/mol. The maximum absolute atomic E-state index is 3.02. The van der Waals surface area contributed by atoms with Gasteiger partial charge in [-0.3, -0.25) is 0 Å². The minimum atomic E-state index is -3.02. The summed E-state index contributed by atoms with van der Waals surface area (Å²) in [6.45, 7) is 16.2. The summed E-state index contributed by atoms with van der Waals surface area (Å²) >= 11 is 0. The summed E-state index contributed by atoms with van der Waals surface area (Å²) in [5, 5.41) is 4.33. The lowest BCUT2D eigenvalue weighted by molar-refractivity contribution is 0.867. The van der Waals surface area contributed by atoms with E-state index in [4.69, 9.17) is 0 Å². The van der Waals surface area contributed by atoms with Crippen molar-refractivity contribution in [1.82, 2.24) is 0 Å². The lowest BCUT2D eigenvalue weighted by Crippen LogP contribution is -2.75. The second-order valence-electron chi connectivity index (χ2n) is 15.5. The minimum absolute atomic E-state index is 0.225. The van der Waals surface area contributed by atoms with Gasteiger partial charge in [0.2, 0.25) is 0 Å². The first-order valence-corrected chi connectivity index (χ1v) is 20.9. The topological polar surface area (TPSA) is 0 Å². The van der Waals surface area contributed by atoms with E-state index in [1.165, 1.54) is 82.4 Å². The minimum Gasteiger partial charge on any atom is -0.0730 e. The fourth-order valence-electron chi connectivity index (χ4n) is 8.90. The average Bonchev–Trinajstić information content (AvgIpc) is 3.35. The van der Waals surface area contributed by atoms with E-state index in [9.17, 15) is 0 Å². The zero-order chi connectivity index (χ0) is 36.5. The lowest BCUT2D eigenvalue weighted by Gasteiger charge is -2.49. The van der Waals surface area contributed by atoms with Gasteiger partial charge in [0.05, 0.1) is 0 Å². The summed E-state index contributed by atoms with van der Waals surface area (Å²) in [6.07, 6.45) is 5.35. The van der Waals surface area contributed by atoms with Crippen LogP contribution in [0.2, 0.25) is 5.04 Å². The number of rotatable bonds is 10. The second-order valence-corrected chi connectivity index (χ2v) is 19.6. The average molecular weight is 693 g/mol. The van der Waals surface area contributed by atoms with Gasteiger partial charge in [0, 0.05) is 5.04 Å². The summed E-state index contributed by atoms with van der Waals surface area (Å²) in [7, 11) is -3.02. The van der Waals surface area contributed by atoms with Crippen molar-refractivity contribution >= 4 is 23.6 Å². The molecular formula is C51H52Si. The molecule has 0 bridgehead atoms. The van der Waals surface area contributed by atoms with Crippen molar-refractivity contribution in [2.24, 2.45) is 0 Å². The number of hydrogen-bond donors (Lipinski definition) is 0. The van der Waals surface area contributed by atoms with E-state index in [-0.39, 0.29) is 5.04 Å². The van der Waals surface area contributed by atoms with E-state index in [1.54, 1.807) is 0 Å². The first-order valence-electron chi connectivity index (χ1n) is 18.9. The van der Waals surface area contributed by atoms with Crippen LogP contribution in [-0.4, -0.2) is 8.07 Å². The molecule has 0 fully saturated rings. The van der Waals surface area contributed by atoms with Gasteiger partial charge in [-0.15, -0.1) is 0 Å². The highest BCUT2D eigenvalue weighted by atomic mass is 28.3. The monoisotopic (exact) mass is 692 g/mol. The van der Waals surface area contributed by atoms with Crippen LogP contribution in [0.25, 0.3) is 0 Å². The Morgan fingerprint density at radius 3 is 1.00 bits per heavy atom. The molecule has 1 atom stereocenters. The molecule has 0 nitrogen and oxygen atoms in total. The Balaban J connectivity index is 1.60. The molecule has 7 rings (SSSR count). The van der Waals surface area contributed by atoms with Crippen LogP contribution in [0.3, 0.4) is 0 Å². The molecule has 6 aromatic carbocycles. The van der Waals surface area contributed by atoms with Gasteiger partial charge in [0.25, 0.3) is 0 Å². The molecule has 1 aliphatic rings. The van der Waals surface area contributed by atoms with Gasteiger partial charge < -0.3 is 0 Å². The highest BCUT2D eigenvalue weighted by Crippen LogP contribution is 2.53. The Morgan fingerprint density at radius 1 is 0.404 bits per heavy atom. The fourth-order valence-corrected chi connectivity index (χ4v) is 15.6. The zero-order valence-corrected chi connectivity index (χ0v) is 33.1. The van der Waals surface area contributed by atoms with Gasteiger partial charge in [0.15, 0.2) is 8.07 Å². The first kappa shape index (κ1) is 35.4. The lowest BCUT2D eigenvalue weighted by atomic mass is 10.0. The Kier molecular flexibility index (Phi) is 9.92. The number of hydrogen-bond acceptors (Lipinski definition) is 0. The SMILES string of the molecule is CC1=CC(C)([Si](c2ccccc2Cc2ccc(C)cc2)(c2ccccc2Cc2ccc(C)cc2)c2ccccc2Cc2ccc(C)cc2)C(C)=C1C. The molecule has 260 valence electrons. The molecular weight excluding hydrogens is 641 g/mol. The second kappa shape index (κ2) is 14.6. The summed E-state index contributed by atoms with van der Waals surface area (Å²) < 4.78 is 0. The van der Waals surface area contributed by atoms with Crippen LogP contribution in [0.5, 0.6) is 0 Å². The molecule has 0 spiro atoms. The third-order valence-electron chi connectivity index (χ3n) is 12.0. The van der Waals surface area contributed by atoms with E-state index in [0.29, 0.717) is 0 Å². The van der Waals surface area contributed by atoms with Crippen molar-refractivity contribution in [3.63, 3.8) is 0 Å². The summed E-state index contributed by atoms with van der Waals surface area (Å²) in [4.78, 5) is 0. The summed E-state index contributed by atoms with van der Waals surface area (Å²) in [5.41, 5.74) is 16.6. The molecule has 0 heterocycles. The highest BCUT2D eigenvalue weighted by molar-refractivity contribution is 7.14. The zero-order valence-electron chi connectivity index (χ0n) is 32.1. The Bertz CT molecular complexity index is 2050. The predicted octanol–water partition coefficient (Wildman–Crippen LogP) is 10.9. The van der Waals surface area contributed by atoms with Gasteiger partial charge in [0.1, 0.15) is 0 Å². The molecule has 1 heteroatoms. The van der Waals surface area contributed by atoms with E-state index in [0.717, 1.165) is 19.3 Å². The molecule has 0 saturated heterocycles. The van der Waals surface area contributed by atoms with Crippen molar-refractivity contribution in [2.45, 2.75) is 72.8 Å². The molecule has 1 unspecified atom stereocenters. The molecule has 6 aromatic rings. The normalized spacial score (nSPS) is 15.9. The van der Waals surface area contributed by atoms with Crippen LogP contribution >= 0.6 is 0 Å². The Morgan fingerprint density at radius 2 is 0.712 bits per heavy atom.